The fourth-order valence-corrected chi connectivity index (χ4v) is 3.16. The minimum absolute atomic E-state index is 0.315. The molecule has 0 aliphatic heterocycles. The number of nitrogens with one attached hydrogen (secondary N) is 2. The lowest BCUT2D eigenvalue weighted by Gasteiger charge is -2.11. The highest BCUT2D eigenvalue weighted by Crippen LogP contribution is 2.28. The first-order valence-corrected chi connectivity index (χ1v) is 7.54. The molecule has 5 heteroatoms. The Morgan fingerprint density at radius 3 is 3.06 bits per heavy atom. The number of hydrogen-bond acceptors (Lipinski definition) is 4. The van der Waals surface area contributed by atoms with Gasteiger partial charge in [0.2, 0.25) is 0 Å². The monoisotopic (exact) mass is 268 g/mol. The molecule has 100 valence electrons. The summed E-state index contributed by atoms with van der Waals surface area (Å²) in [4.78, 5) is 14.4. The van der Waals surface area contributed by atoms with Crippen LogP contribution in [0.25, 0.3) is 0 Å². The van der Waals surface area contributed by atoms with Crippen molar-refractivity contribution in [2.45, 2.75) is 37.1 Å². The van der Waals surface area contributed by atoms with Gasteiger partial charge in [0.1, 0.15) is 5.69 Å². The summed E-state index contributed by atoms with van der Waals surface area (Å²) in [7, 11) is 1.39. The smallest absolute Gasteiger partial charge is 0.354 e. The Morgan fingerprint density at radius 1 is 1.56 bits per heavy atom. The van der Waals surface area contributed by atoms with Crippen molar-refractivity contribution < 1.29 is 9.53 Å². The Kier molecular flexibility index (Phi) is 4.72. The van der Waals surface area contributed by atoms with Crippen LogP contribution in [0.4, 0.5) is 0 Å². The molecular weight excluding hydrogens is 248 g/mol. The fraction of sp³-hybridized carbons (Fsp3) is 0.615. The number of rotatable bonds is 5. The van der Waals surface area contributed by atoms with Crippen LogP contribution in [0.3, 0.4) is 0 Å². The molecule has 1 aromatic rings. The molecule has 2 atom stereocenters. The van der Waals surface area contributed by atoms with Crippen LogP contribution in [0.15, 0.2) is 12.1 Å². The molecular formula is C13H20N2O2S. The molecule has 0 aromatic carbocycles. The summed E-state index contributed by atoms with van der Waals surface area (Å²) in [6.07, 6.45) is 5.97. The fourth-order valence-electron chi connectivity index (χ4n) is 2.37. The van der Waals surface area contributed by atoms with E-state index >= 15 is 0 Å². The van der Waals surface area contributed by atoms with Gasteiger partial charge < -0.3 is 15.0 Å². The second-order valence-electron chi connectivity index (χ2n) is 4.64. The van der Waals surface area contributed by atoms with Crippen LogP contribution >= 0.6 is 11.8 Å². The lowest BCUT2D eigenvalue weighted by molar-refractivity contribution is 0.0594. The van der Waals surface area contributed by atoms with E-state index in [2.05, 4.69) is 21.3 Å². The zero-order chi connectivity index (χ0) is 13.0. The largest absolute Gasteiger partial charge is 0.464 e. The number of carbonyl (C=O) groups is 1. The van der Waals surface area contributed by atoms with Crippen molar-refractivity contribution in [3.05, 3.63) is 23.5 Å². The minimum Gasteiger partial charge on any atom is -0.464 e. The van der Waals surface area contributed by atoms with Crippen molar-refractivity contribution in [1.29, 1.82) is 0 Å². The Balaban J connectivity index is 1.80. The molecule has 18 heavy (non-hydrogen) atoms. The molecule has 0 radical (unpaired) electrons. The van der Waals surface area contributed by atoms with E-state index in [-0.39, 0.29) is 5.97 Å². The van der Waals surface area contributed by atoms with E-state index in [1.54, 1.807) is 6.07 Å². The van der Waals surface area contributed by atoms with Crippen molar-refractivity contribution in [2.75, 3.05) is 13.4 Å². The average molecular weight is 268 g/mol. The SMILES string of the molecule is COC(=O)c1ccc(CNC2CCC(SC)C2)[nH]1. The highest BCUT2D eigenvalue weighted by Gasteiger charge is 2.23. The average Bonchev–Trinajstić information content (AvgIpc) is 3.04. The quantitative estimate of drug-likeness (QED) is 0.804. The number of esters is 1. The molecule has 0 bridgehead atoms. The van der Waals surface area contributed by atoms with E-state index in [1.165, 1.54) is 26.4 Å². The summed E-state index contributed by atoms with van der Waals surface area (Å²) < 4.78 is 4.66. The molecule has 2 N–H and O–H groups in total. The Morgan fingerprint density at radius 2 is 2.39 bits per heavy atom. The predicted molar refractivity (Wildman–Crippen MR) is 73.9 cm³/mol. The number of hydrogen-bond donors (Lipinski definition) is 2. The topological polar surface area (TPSA) is 54.1 Å². The molecule has 1 aliphatic carbocycles. The van der Waals surface area contributed by atoms with Gasteiger partial charge in [-0.3, -0.25) is 0 Å². The molecule has 1 aliphatic rings. The van der Waals surface area contributed by atoms with Crippen LogP contribution in [-0.2, 0) is 11.3 Å². The van der Waals surface area contributed by atoms with Crippen molar-refractivity contribution in [2.24, 2.45) is 0 Å². The maximum atomic E-state index is 11.3. The number of carbonyl (C=O) groups excluding carboxylic acids is 1. The van der Waals surface area contributed by atoms with E-state index < -0.39 is 0 Å². The van der Waals surface area contributed by atoms with Crippen LogP contribution in [0.2, 0.25) is 0 Å². The lowest BCUT2D eigenvalue weighted by Crippen LogP contribution is -2.26. The second-order valence-corrected chi connectivity index (χ2v) is 5.78. The van der Waals surface area contributed by atoms with Crippen molar-refractivity contribution in [1.82, 2.24) is 10.3 Å². The Labute approximate surface area is 112 Å². The van der Waals surface area contributed by atoms with Gasteiger partial charge in [-0.1, -0.05) is 0 Å². The molecule has 2 rings (SSSR count). The first kappa shape index (κ1) is 13.5. The third kappa shape index (κ3) is 3.29. The molecule has 1 fully saturated rings. The molecule has 1 aromatic heterocycles. The van der Waals surface area contributed by atoms with Crippen LogP contribution < -0.4 is 5.32 Å². The summed E-state index contributed by atoms with van der Waals surface area (Å²) in [5.74, 6) is -0.315. The van der Waals surface area contributed by atoms with Gasteiger partial charge in [-0.15, -0.1) is 0 Å². The number of ether oxygens (including phenoxy) is 1. The Hall–Kier alpha value is -0.940. The molecule has 0 amide bonds. The number of H-pyrrole nitrogens is 1. The number of thioether (sulfide) groups is 1. The molecule has 1 heterocycles. The maximum absolute atomic E-state index is 11.3. The summed E-state index contributed by atoms with van der Waals surface area (Å²) in [6, 6.07) is 4.30. The molecule has 0 saturated heterocycles. The normalized spacial score (nSPS) is 23.2. The van der Waals surface area contributed by atoms with Crippen molar-refractivity contribution in [3.8, 4) is 0 Å². The van der Waals surface area contributed by atoms with E-state index in [4.69, 9.17) is 0 Å². The number of methoxy groups -OCH3 is 1. The highest BCUT2D eigenvalue weighted by molar-refractivity contribution is 7.99. The highest BCUT2D eigenvalue weighted by atomic mass is 32.2. The van der Waals surface area contributed by atoms with Gasteiger partial charge in [0.15, 0.2) is 0 Å². The maximum Gasteiger partial charge on any atom is 0.354 e. The summed E-state index contributed by atoms with van der Waals surface area (Å²) in [6.45, 7) is 0.781. The van der Waals surface area contributed by atoms with E-state index in [0.29, 0.717) is 11.7 Å². The summed E-state index contributed by atoms with van der Waals surface area (Å²) >= 11 is 1.96. The van der Waals surface area contributed by atoms with E-state index in [9.17, 15) is 4.79 Å². The minimum atomic E-state index is -0.315. The lowest BCUT2D eigenvalue weighted by atomic mass is 10.2. The van der Waals surface area contributed by atoms with Gasteiger partial charge in [-0.25, -0.2) is 4.79 Å². The van der Waals surface area contributed by atoms with Crippen LogP contribution in [0.1, 0.15) is 35.4 Å². The van der Waals surface area contributed by atoms with Crippen molar-refractivity contribution >= 4 is 17.7 Å². The van der Waals surface area contributed by atoms with Gasteiger partial charge >= 0.3 is 5.97 Å². The zero-order valence-corrected chi connectivity index (χ0v) is 11.7. The second kappa shape index (κ2) is 6.29. The van der Waals surface area contributed by atoms with Gasteiger partial charge in [-0.05, 0) is 37.7 Å². The molecule has 0 spiro atoms. The first-order chi connectivity index (χ1) is 8.72. The van der Waals surface area contributed by atoms with Crippen LogP contribution in [-0.4, -0.2) is 35.6 Å². The molecule has 4 nitrogen and oxygen atoms in total. The number of aromatic amines is 1. The van der Waals surface area contributed by atoms with E-state index in [1.807, 2.05) is 17.8 Å². The standard InChI is InChI=1S/C13H20N2O2S/c1-17-13(16)12-6-4-10(15-12)8-14-9-3-5-11(7-9)18-2/h4,6,9,11,14-15H,3,5,7-8H2,1-2H3. The predicted octanol–water partition coefficient (Wildman–Crippen LogP) is 2.17. The number of aromatic nitrogens is 1. The van der Waals surface area contributed by atoms with Gasteiger partial charge in [0.25, 0.3) is 0 Å². The van der Waals surface area contributed by atoms with Gasteiger partial charge in [0, 0.05) is 23.5 Å². The zero-order valence-electron chi connectivity index (χ0n) is 10.9. The van der Waals surface area contributed by atoms with Crippen LogP contribution in [0.5, 0.6) is 0 Å². The Bertz CT molecular complexity index is 405. The van der Waals surface area contributed by atoms with Gasteiger partial charge in [0.05, 0.1) is 7.11 Å². The van der Waals surface area contributed by atoms with Crippen molar-refractivity contribution in [3.63, 3.8) is 0 Å². The van der Waals surface area contributed by atoms with Gasteiger partial charge in [-0.2, -0.15) is 11.8 Å². The summed E-state index contributed by atoms with van der Waals surface area (Å²) in [5.41, 5.74) is 1.55. The van der Waals surface area contributed by atoms with Crippen LogP contribution in [0, 0.1) is 0 Å². The third-order valence-electron chi connectivity index (χ3n) is 3.45. The molecule has 1 saturated carbocycles. The third-order valence-corrected chi connectivity index (χ3v) is 4.55. The van der Waals surface area contributed by atoms with E-state index in [0.717, 1.165) is 17.5 Å². The molecule has 2 unspecified atom stereocenters. The first-order valence-electron chi connectivity index (χ1n) is 6.25. The summed E-state index contributed by atoms with van der Waals surface area (Å²) in [5, 5.41) is 4.34.